The highest BCUT2D eigenvalue weighted by Crippen LogP contribution is 2.29. The minimum atomic E-state index is -0.389. The summed E-state index contributed by atoms with van der Waals surface area (Å²) in [7, 11) is 3.79. The van der Waals surface area contributed by atoms with Gasteiger partial charge in [0.25, 0.3) is 0 Å². The molecule has 1 saturated heterocycles. The van der Waals surface area contributed by atoms with Crippen molar-refractivity contribution in [1.82, 2.24) is 10.2 Å². The molecule has 0 radical (unpaired) electrons. The van der Waals surface area contributed by atoms with Gasteiger partial charge in [-0.1, -0.05) is 6.92 Å². The van der Waals surface area contributed by atoms with Crippen LogP contribution in [-0.4, -0.2) is 63.1 Å². The van der Waals surface area contributed by atoms with E-state index in [0.717, 1.165) is 6.54 Å². The number of hydrogen-bond donors (Lipinski definition) is 2. The number of nitrogens with zero attached hydrogens (tertiary/aromatic N) is 1. The van der Waals surface area contributed by atoms with E-state index < -0.39 is 0 Å². The molecule has 1 aliphatic heterocycles. The van der Waals surface area contributed by atoms with Gasteiger partial charge < -0.3 is 20.1 Å². The first kappa shape index (κ1) is 13.9. The Balaban J connectivity index is 2.16. The van der Waals surface area contributed by atoms with E-state index in [1.807, 2.05) is 0 Å². The van der Waals surface area contributed by atoms with Crippen LogP contribution in [0.1, 0.15) is 19.8 Å². The monoisotopic (exact) mass is 230 g/mol. The smallest absolute Gasteiger partial charge is 0.0897 e. The maximum atomic E-state index is 9.51. The van der Waals surface area contributed by atoms with Gasteiger partial charge >= 0.3 is 0 Å². The molecule has 0 saturated carbocycles. The summed E-state index contributed by atoms with van der Waals surface area (Å²) >= 11 is 0. The summed E-state index contributed by atoms with van der Waals surface area (Å²) < 4.78 is 4.89. The maximum Gasteiger partial charge on any atom is 0.0897 e. The number of likely N-dealkylation sites (tertiary alicyclic amines) is 1. The zero-order valence-corrected chi connectivity index (χ0v) is 10.8. The van der Waals surface area contributed by atoms with Crippen molar-refractivity contribution in [2.45, 2.75) is 25.9 Å². The summed E-state index contributed by atoms with van der Waals surface area (Å²) in [6.45, 7) is 6.71. The summed E-state index contributed by atoms with van der Waals surface area (Å²) in [5.41, 5.74) is 0.388. The molecule has 4 heteroatoms. The maximum absolute atomic E-state index is 9.51. The van der Waals surface area contributed by atoms with Gasteiger partial charge in [0.05, 0.1) is 12.7 Å². The van der Waals surface area contributed by atoms with E-state index in [1.54, 1.807) is 7.11 Å². The van der Waals surface area contributed by atoms with E-state index >= 15 is 0 Å². The molecule has 1 unspecified atom stereocenters. The molecule has 16 heavy (non-hydrogen) atoms. The lowest BCUT2D eigenvalue weighted by atomic mass is 9.80. The number of ether oxygens (including phenoxy) is 1. The van der Waals surface area contributed by atoms with E-state index in [9.17, 15) is 5.11 Å². The number of methoxy groups -OCH3 is 1. The Hall–Kier alpha value is -0.160. The van der Waals surface area contributed by atoms with Crippen molar-refractivity contribution in [3.05, 3.63) is 0 Å². The summed E-state index contributed by atoms with van der Waals surface area (Å²) in [4.78, 5) is 2.38. The molecule has 1 fully saturated rings. The molecule has 1 rings (SSSR count). The van der Waals surface area contributed by atoms with Crippen LogP contribution in [0.2, 0.25) is 0 Å². The lowest BCUT2D eigenvalue weighted by Crippen LogP contribution is -2.43. The molecule has 0 aromatic heterocycles. The molecule has 0 aliphatic carbocycles. The molecule has 1 aliphatic rings. The average Bonchev–Trinajstić information content (AvgIpc) is 2.23. The highest BCUT2D eigenvalue weighted by Gasteiger charge is 2.28. The van der Waals surface area contributed by atoms with Gasteiger partial charge in [0.2, 0.25) is 0 Å². The molecule has 1 heterocycles. The second kappa shape index (κ2) is 6.55. The van der Waals surface area contributed by atoms with E-state index in [1.165, 1.54) is 25.9 Å². The third-order valence-electron chi connectivity index (χ3n) is 3.48. The van der Waals surface area contributed by atoms with Gasteiger partial charge in [0.15, 0.2) is 0 Å². The molecule has 1 atom stereocenters. The third-order valence-corrected chi connectivity index (χ3v) is 3.48. The topological polar surface area (TPSA) is 44.7 Å². The lowest BCUT2D eigenvalue weighted by Gasteiger charge is -2.38. The largest absolute Gasteiger partial charge is 0.389 e. The minimum absolute atomic E-state index is 0.388. The summed E-state index contributed by atoms with van der Waals surface area (Å²) in [6, 6.07) is 0. The Bertz CT molecular complexity index is 191. The zero-order valence-electron chi connectivity index (χ0n) is 10.8. The standard InChI is InChI=1S/C12H26N2O2/c1-12(4-6-14(2)7-5-12)10-13-8-11(15)9-16-3/h11,13,15H,4-10H2,1-3H3. The van der Waals surface area contributed by atoms with Crippen LogP contribution in [0.5, 0.6) is 0 Å². The summed E-state index contributed by atoms with van der Waals surface area (Å²) in [5, 5.41) is 12.9. The zero-order chi connectivity index (χ0) is 12.0. The van der Waals surface area contributed by atoms with E-state index in [-0.39, 0.29) is 6.10 Å². The van der Waals surface area contributed by atoms with Crippen LogP contribution in [0.25, 0.3) is 0 Å². The Morgan fingerprint density at radius 1 is 1.44 bits per heavy atom. The van der Waals surface area contributed by atoms with E-state index in [2.05, 4.69) is 24.2 Å². The van der Waals surface area contributed by atoms with Crippen LogP contribution < -0.4 is 5.32 Å². The van der Waals surface area contributed by atoms with E-state index in [0.29, 0.717) is 18.6 Å². The van der Waals surface area contributed by atoms with Crippen LogP contribution in [0.15, 0.2) is 0 Å². The number of rotatable bonds is 6. The van der Waals surface area contributed by atoms with Gasteiger partial charge in [-0.3, -0.25) is 0 Å². The number of hydrogen-bond acceptors (Lipinski definition) is 4. The number of nitrogens with one attached hydrogen (secondary N) is 1. The molecular formula is C12H26N2O2. The fourth-order valence-corrected chi connectivity index (χ4v) is 2.13. The van der Waals surface area contributed by atoms with Crippen LogP contribution in [0, 0.1) is 5.41 Å². The van der Waals surface area contributed by atoms with Crippen molar-refractivity contribution < 1.29 is 9.84 Å². The SMILES string of the molecule is COCC(O)CNCC1(C)CCN(C)CC1. The molecule has 96 valence electrons. The van der Waals surface area contributed by atoms with Crippen LogP contribution in [-0.2, 0) is 4.74 Å². The molecular weight excluding hydrogens is 204 g/mol. The highest BCUT2D eigenvalue weighted by atomic mass is 16.5. The first-order valence-corrected chi connectivity index (χ1v) is 6.12. The van der Waals surface area contributed by atoms with Crippen LogP contribution in [0.4, 0.5) is 0 Å². The Morgan fingerprint density at radius 2 is 2.06 bits per heavy atom. The highest BCUT2D eigenvalue weighted by molar-refractivity contribution is 4.83. The van der Waals surface area contributed by atoms with Crippen molar-refractivity contribution in [1.29, 1.82) is 0 Å². The molecule has 4 nitrogen and oxygen atoms in total. The van der Waals surface area contributed by atoms with Gasteiger partial charge in [0.1, 0.15) is 0 Å². The number of aliphatic hydroxyl groups excluding tert-OH is 1. The van der Waals surface area contributed by atoms with Gasteiger partial charge in [-0.25, -0.2) is 0 Å². The fraction of sp³-hybridized carbons (Fsp3) is 1.00. The Labute approximate surface area is 99.0 Å². The van der Waals surface area contributed by atoms with Gasteiger partial charge in [0, 0.05) is 20.2 Å². The molecule has 0 aromatic rings. The van der Waals surface area contributed by atoms with Gasteiger partial charge in [-0.05, 0) is 38.4 Å². The van der Waals surface area contributed by atoms with Crippen LogP contribution in [0.3, 0.4) is 0 Å². The first-order valence-electron chi connectivity index (χ1n) is 6.12. The average molecular weight is 230 g/mol. The molecule has 0 spiro atoms. The lowest BCUT2D eigenvalue weighted by molar-refractivity contribution is 0.0599. The number of piperidine rings is 1. The normalized spacial score (nSPS) is 23.2. The second-order valence-corrected chi connectivity index (χ2v) is 5.35. The van der Waals surface area contributed by atoms with Crippen LogP contribution >= 0.6 is 0 Å². The van der Waals surface area contributed by atoms with Crippen molar-refractivity contribution in [2.75, 3.05) is 46.9 Å². The fourth-order valence-electron chi connectivity index (χ4n) is 2.13. The van der Waals surface area contributed by atoms with Gasteiger partial charge in [-0.15, -0.1) is 0 Å². The second-order valence-electron chi connectivity index (χ2n) is 5.35. The third kappa shape index (κ3) is 4.78. The summed E-state index contributed by atoms with van der Waals surface area (Å²) in [5.74, 6) is 0. The van der Waals surface area contributed by atoms with Crippen molar-refractivity contribution in [3.8, 4) is 0 Å². The van der Waals surface area contributed by atoms with Crippen molar-refractivity contribution >= 4 is 0 Å². The Morgan fingerprint density at radius 3 is 2.62 bits per heavy atom. The first-order chi connectivity index (χ1) is 7.56. The summed E-state index contributed by atoms with van der Waals surface area (Å²) in [6.07, 6.45) is 2.08. The molecule has 0 bridgehead atoms. The van der Waals surface area contributed by atoms with Crippen molar-refractivity contribution in [2.24, 2.45) is 5.41 Å². The molecule has 2 N–H and O–H groups in total. The molecule has 0 amide bonds. The van der Waals surface area contributed by atoms with E-state index in [4.69, 9.17) is 4.74 Å². The molecule has 0 aromatic carbocycles. The quantitative estimate of drug-likeness (QED) is 0.689. The van der Waals surface area contributed by atoms with Crippen molar-refractivity contribution in [3.63, 3.8) is 0 Å². The van der Waals surface area contributed by atoms with Gasteiger partial charge in [-0.2, -0.15) is 0 Å². The predicted molar refractivity (Wildman–Crippen MR) is 65.6 cm³/mol. The minimum Gasteiger partial charge on any atom is -0.389 e. The number of aliphatic hydroxyl groups is 1. The predicted octanol–water partition coefficient (Wildman–Crippen LogP) is 0.315. The Kier molecular flexibility index (Phi) is 5.69.